The molecule has 0 saturated carbocycles. The van der Waals surface area contributed by atoms with Crippen LogP contribution >= 0.6 is 0 Å². The normalized spacial score (nSPS) is 12.1. The number of rotatable bonds is 5. The maximum atomic E-state index is 11.5. The lowest BCUT2D eigenvalue weighted by molar-refractivity contribution is -0.141. The standard InChI is InChI=1S/C10H15N3O3/c1-6(10(15)16)3-4-11-9(14)8-5-7(2)12-13-8/h5-6H,3-4H2,1-2H3,(H,11,14)(H,12,13)(H,15,16). The number of hydrogen-bond donors (Lipinski definition) is 3. The number of nitrogens with one attached hydrogen (secondary N) is 2. The molecule has 0 bridgehead atoms. The van der Waals surface area contributed by atoms with Gasteiger partial charge >= 0.3 is 5.97 Å². The number of hydrogen-bond acceptors (Lipinski definition) is 3. The first-order valence-corrected chi connectivity index (χ1v) is 5.03. The quantitative estimate of drug-likeness (QED) is 0.682. The lowest BCUT2D eigenvalue weighted by atomic mass is 10.1. The fourth-order valence-corrected chi connectivity index (χ4v) is 1.15. The second-order valence-electron chi connectivity index (χ2n) is 3.72. The van der Waals surface area contributed by atoms with E-state index in [-0.39, 0.29) is 5.91 Å². The summed E-state index contributed by atoms with van der Waals surface area (Å²) in [6.45, 7) is 3.74. The first kappa shape index (κ1) is 12.2. The molecular weight excluding hydrogens is 210 g/mol. The maximum absolute atomic E-state index is 11.5. The molecule has 6 nitrogen and oxygen atoms in total. The minimum absolute atomic E-state index is 0.290. The summed E-state index contributed by atoms with van der Waals surface area (Å²) in [5, 5.41) is 17.7. The third kappa shape index (κ3) is 3.38. The number of aryl methyl sites for hydroxylation is 1. The smallest absolute Gasteiger partial charge is 0.306 e. The number of aromatic amines is 1. The number of aromatic nitrogens is 2. The third-order valence-corrected chi connectivity index (χ3v) is 2.22. The Balaban J connectivity index is 2.34. The highest BCUT2D eigenvalue weighted by Crippen LogP contribution is 2.01. The van der Waals surface area contributed by atoms with Crippen LogP contribution in [-0.2, 0) is 4.79 Å². The molecule has 1 atom stereocenters. The third-order valence-electron chi connectivity index (χ3n) is 2.22. The number of H-pyrrole nitrogens is 1. The molecule has 1 unspecified atom stereocenters. The van der Waals surface area contributed by atoms with E-state index in [1.807, 2.05) is 0 Å². The minimum Gasteiger partial charge on any atom is -0.481 e. The Hall–Kier alpha value is -1.85. The van der Waals surface area contributed by atoms with E-state index in [9.17, 15) is 9.59 Å². The van der Waals surface area contributed by atoms with Crippen molar-refractivity contribution in [3.05, 3.63) is 17.5 Å². The predicted octanol–water partition coefficient (Wildman–Crippen LogP) is 0.559. The Morgan fingerprint density at radius 3 is 2.81 bits per heavy atom. The van der Waals surface area contributed by atoms with Gasteiger partial charge in [0.15, 0.2) is 0 Å². The highest BCUT2D eigenvalue weighted by Gasteiger charge is 2.12. The van der Waals surface area contributed by atoms with E-state index in [0.717, 1.165) is 5.69 Å². The molecule has 0 aromatic carbocycles. The molecular formula is C10H15N3O3. The predicted molar refractivity (Wildman–Crippen MR) is 57.1 cm³/mol. The highest BCUT2D eigenvalue weighted by molar-refractivity contribution is 5.92. The molecule has 0 aliphatic carbocycles. The van der Waals surface area contributed by atoms with Gasteiger partial charge in [0, 0.05) is 12.2 Å². The Morgan fingerprint density at radius 1 is 1.62 bits per heavy atom. The molecule has 1 aromatic heterocycles. The van der Waals surface area contributed by atoms with E-state index < -0.39 is 11.9 Å². The van der Waals surface area contributed by atoms with Gasteiger partial charge in [-0.3, -0.25) is 14.7 Å². The summed E-state index contributed by atoms with van der Waals surface area (Å²) >= 11 is 0. The van der Waals surface area contributed by atoms with Gasteiger partial charge in [-0.1, -0.05) is 6.92 Å². The van der Waals surface area contributed by atoms with Crippen LogP contribution in [-0.4, -0.2) is 33.7 Å². The number of carboxylic acid groups (broad SMARTS) is 1. The maximum Gasteiger partial charge on any atom is 0.306 e. The van der Waals surface area contributed by atoms with E-state index >= 15 is 0 Å². The summed E-state index contributed by atoms with van der Waals surface area (Å²) < 4.78 is 0. The van der Waals surface area contributed by atoms with Crippen LogP contribution in [0.1, 0.15) is 29.5 Å². The minimum atomic E-state index is -0.857. The number of carbonyl (C=O) groups excluding carboxylic acids is 1. The van der Waals surface area contributed by atoms with Crippen LogP contribution in [0.3, 0.4) is 0 Å². The molecule has 0 aliphatic rings. The molecule has 0 spiro atoms. The molecule has 16 heavy (non-hydrogen) atoms. The molecule has 1 aromatic rings. The van der Waals surface area contributed by atoms with Gasteiger partial charge in [-0.15, -0.1) is 0 Å². The average Bonchev–Trinajstić information content (AvgIpc) is 2.64. The van der Waals surface area contributed by atoms with E-state index in [4.69, 9.17) is 5.11 Å². The zero-order chi connectivity index (χ0) is 12.1. The molecule has 0 saturated heterocycles. The van der Waals surface area contributed by atoms with Crippen molar-refractivity contribution >= 4 is 11.9 Å². The van der Waals surface area contributed by atoms with Gasteiger partial charge in [0.05, 0.1) is 5.92 Å². The van der Waals surface area contributed by atoms with Gasteiger partial charge in [0.2, 0.25) is 0 Å². The molecule has 3 N–H and O–H groups in total. The van der Waals surface area contributed by atoms with Crippen molar-refractivity contribution in [2.75, 3.05) is 6.54 Å². The van der Waals surface area contributed by atoms with Gasteiger partial charge in [-0.05, 0) is 19.4 Å². The van der Waals surface area contributed by atoms with Crippen LogP contribution in [0.15, 0.2) is 6.07 Å². The fourth-order valence-electron chi connectivity index (χ4n) is 1.15. The second kappa shape index (κ2) is 5.29. The Kier molecular flexibility index (Phi) is 4.04. The molecule has 1 amide bonds. The molecule has 6 heteroatoms. The summed E-state index contributed by atoms with van der Waals surface area (Å²) in [7, 11) is 0. The van der Waals surface area contributed by atoms with Gasteiger partial charge in [0.25, 0.3) is 5.91 Å². The lowest BCUT2D eigenvalue weighted by Gasteiger charge is -2.06. The number of amides is 1. The van der Waals surface area contributed by atoms with Gasteiger partial charge in [-0.2, -0.15) is 5.10 Å². The van der Waals surface area contributed by atoms with Crippen LogP contribution in [0.2, 0.25) is 0 Å². The Labute approximate surface area is 93.1 Å². The van der Waals surface area contributed by atoms with Crippen LogP contribution in [0, 0.1) is 12.8 Å². The summed E-state index contributed by atoms with van der Waals surface area (Å²) in [4.78, 5) is 22.0. The van der Waals surface area contributed by atoms with Crippen molar-refractivity contribution in [3.8, 4) is 0 Å². The van der Waals surface area contributed by atoms with Crippen molar-refractivity contribution in [1.82, 2.24) is 15.5 Å². The molecule has 1 rings (SSSR count). The summed E-state index contributed by atoms with van der Waals surface area (Å²) in [6, 6.07) is 1.63. The van der Waals surface area contributed by atoms with Crippen molar-refractivity contribution in [2.45, 2.75) is 20.3 Å². The molecule has 88 valence electrons. The first-order chi connectivity index (χ1) is 7.50. The van der Waals surface area contributed by atoms with Crippen LogP contribution < -0.4 is 5.32 Å². The Morgan fingerprint density at radius 2 is 2.31 bits per heavy atom. The number of carbonyl (C=O) groups is 2. The van der Waals surface area contributed by atoms with E-state index in [1.165, 1.54) is 0 Å². The van der Waals surface area contributed by atoms with Crippen LogP contribution in [0.25, 0.3) is 0 Å². The van der Waals surface area contributed by atoms with Crippen LogP contribution in [0.5, 0.6) is 0 Å². The first-order valence-electron chi connectivity index (χ1n) is 5.03. The van der Waals surface area contributed by atoms with Crippen molar-refractivity contribution < 1.29 is 14.7 Å². The second-order valence-corrected chi connectivity index (χ2v) is 3.72. The monoisotopic (exact) mass is 225 g/mol. The summed E-state index contributed by atoms with van der Waals surface area (Å²) in [5.74, 6) is -1.60. The topological polar surface area (TPSA) is 95.1 Å². The van der Waals surface area contributed by atoms with Crippen LogP contribution in [0.4, 0.5) is 0 Å². The summed E-state index contributed by atoms with van der Waals surface area (Å²) in [5.41, 5.74) is 1.13. The molecule has 0 aliphatic heterocycles. The van der Waals surface area contributed by atoms with Crippen molar-refractivity contribution in [2.24, 2.45) is 5.92 Å². The highest BCUT2D eigenvalue weighted by atomic mass is 16.4. The SMILES string of the molecule is Cc1cc(C(=O)NCCC(C)C(=O)O)n[nH]1. The molecule has 0 fully saturated rings. The average molecular weight is 225 g/mol. The van der Waals surface area contributed by atoms with Gasteiger partial charge in [-0.25, -0.2) is 0 Å². The van der Waals surface area contributed by atoms with E-state index in [0.29, 0.717) is 18.7 Å². The lowest BCUT2D eigenvalue weighted by Crippen LogP contribution is -2.27. The van der Waals surface area contributed by atoms with Crippen molar-refractivity contribution in [3.63, 3.8) is 0 Å². The molecule has 1 heterocycles. The largest absolute Gasteiger partial charge is 0.481 e. The number of carboxylic acids is 1. The summed E-state index contributed by atoms with van der Waals surface area (Å²) in [6.07, 6.45) is 0.407. The fraction of sp³-hybridized carbons (Fsp3) is 0.500. The zero-order valence-electron chi connectivity index (χ0n) is 9.28. The van der Waals surface area contributed by atoms with E-state index in [2.05, 4.69) is 15.5 Å². The zero-order valence-corrected chi connectivity index (χ0v) is 9.28. The number of aliphatic carboxylic acids is 1. The Bertz CT molecular complexity index is 386. The van der Waals surface area contributed by atoms with Gasteiger partial charge in [0.1, 0.15) is 5.69 Å². The van der Waals surface area contributed by atoms with E-state index in [1.54, 1.807) is 19.9 Å². The number of nitrogens with zero attached hydrogens (tertiary/aromatic N) is 1. The molecule has 0 radical (unpaired) electrons. The van der Waals surface area contributed by atoms with Crippen molar-refractivity contribution in [1.29, 1.82) is 0 Å². The van der Waals surface area contributed by atoms with Gasteiger partial charge < -0.3 is 10.4 Å².